The highest BCUT2D eigenvalue weighted by molar-refractivity contribution is 4.98. The van der Waals surface area contributed by atoms with Gasteiger partial charge < -0.3 is 0 Å². The predicted molar refractivity (Wildman–Crippen MR) is 72.6 cm³/mol. The van der Waals surface area contributed by atoms with Crippen molar-refractivity contribution in [1.29, 1.82) is 0 Å². The van der Waals surface area contributed by atoms with Crippen LogP contribution in [0.3, 0.4) is 0 Å². The number of hydrogen-bond acceptors (Lipinski definition) is 3. The minimum Gasteiger partial charge on any atom is -0.296 e. The molecule has 0 radical (unpaired) electrons. The summed E-state index contributed by atoms with van der Waals surface area (Å²) in [6, 6.07) is 0.455. The van der Waals surface area contributed by atoms with E-state index >= 15 is 0 Å². The minimum atomic E-state index is 0.251. The fourth-order valence-corrected chi connectivity index (χ4v) is 3.48. The molecule has 2 fully saturated rings. The molecule has 1 aliphatic heterocycles. The Kier molecular flexibility index (Phi) is 4.45. The summed E-state index contributed by atoms with van der Waals surface area (Å²) in [5.41, 5.74) is 3.38. The maximum atomic E-state index is 5.85. The Morgan fingerprint density at radius 1 is 1.29 bits per heavy atom. The van der Waals surface area contributed by atoms with Gasteiger partial charge >= 0.3 is 0 Å². The van der Waals surface area contributed by atoms with E-state index in [4.69, 9.17) is 5.84 Å². The summed E-state index contributed by atoms with van der Waals surface area (Å²) in [7, 11) is 0. The van der Waals surface area contributed by atoms with Gasteiger partial charge in [0.15, 0.2) is 0 Å². The summed E-state index contributed by atoms with van der Waals surface area (Å²) in [5, 5.41) is 0. The third kappa shape index (κ3) is 2.67. The standard InChI is InChI=1S/C14H29N3/c1-3-14(2,17-9-4-5-10-17)13(16-15)11-12-7-6-8-12/h12-13,16H,3-11,15H2,1-2H3. The normalized spacial score (nSPS) is 27.7. The van der Waals surface area contributed by atoms with Gasteiger partial charge in [0.25, 0.3) is 0 Å². The quantitative estimate of drug-likeness (QED) is 0.552. The van der Waals surface area contributed by atoms with Gasteiger partial charge in [-0.15, -0.1) is 0 Å². The second kappa shape index (κ2) is 5.68. The number of hydrazine groups is 1. The van der Waals surface area contributed by atoms with Crippen LogP contribution in [0.25, 0.3) is 0 Å². The van der Waals surface area contributed by atoms with Crippen LogP contribution in [0, 0.1) is 5.92 Å². The average Bonchev–Trinajstić information content (AvgIpc) is 2.81. The SMILES string of the molecule is CCC(C)(C(CC1CCC1)NN)N1CCCC1. The molecular formula is C14H29N3. The lowest BCUT2D eigenvalue weighted by atomic mass is 9.75. The van der Waals surface area contributed by atoms with Crippen molar-refractivity contribution in [3.63, 3.8) is 0 Å². The number of nitrogens with one attached hydrogen (secondary N) is 1. The van der Waals surface area contributed by atoms with Crippen LogP contribution in [0.5, 0.6) is 0 Å². The van der Waals surface area contributed by atoms with Crippen molar-refractivity contribution in [2.75, 3.05) is 13.1 Å². The molecule has 2 unspecified atom stereocenters. The van der Waals surface area contributed by atoms with Gasteiger partial charge in [0.05, 0.1) is 0 Å². The zero-order valence-electron chi connectivity index (χ0n) is 11.5. The third-order valence-corrected chi connectivity index (χ3v) is 5.29. The number of hydrogen-bond donors (Lipinski definition) is 2. The molecule has 3 nitrogen and oxygen atoms in total. The number of rotatable bonds is 6. The van der Waals surface area contributed by atoms with Crippen LogP contribution in [0.15, 0.2) is 0 Å². The first-order valence-corrected chi connectivity index (χ1v) is 7.42. The van der Waals surface area contributed by atoms with Crippen LogP contribution in [0.2, 0.25) is 0 Å². The summed E-state index contributed by atoms with van der Waals surface area (Å²) < 4.78 is 0. The van der Waals surface area contributed by atoms with Crippen molar-refractivity contribution < 1.29 is 0 Å². The highest BCUT2D eigenvalue weighted by Gasteiger charge is 2.40. The highest BCUT2D eigenvalue weighted by Crippen LogP contribution is 2.36. The van der Waals surface area contributed by atoms with Gasteiger partial charge in [0, 0.05) is 11.6 Å². The fourth-order valence-electron chi connectivity index (χ4n) is 3.48. The summed E-state index contributed by atoms with van der Waals surface area (Å²) in [4.78, 5) is 2.66. The first-order valence-electron chi connectivity index (χ1n) is 7.42. The molecule has 3 N–H and O–H groups in total. The molecule has 100 valence electrons. The molecule has 17 heavy (non-hydrogen) atoms. The predicted octanol–water partition coefficient (Wildman–Crippen LogP) is 2.27. The van der Waals surface area contributed by atoms with Crippen molar-refractivity contribution >= 4 is 0 Å². The maximum Gasteiger partial charge on any atom is 0.0394 e. The average molecular weight is 239 g/mol. The Balaban J connectivity index is 2.00. The molecule has 0 aromatic carbocycles. The lowest BCUT2D eigenvalue weighted by molar-refractivity contribution is 0.0647. The van der Waals surface area contributed by atoms with Crippen molar-refractivity contribution in [3.05, 3.63) is 0 Å². The smallest absolute Gasteiger partial charge is 0.0394 e. The molecule has 0 spiro atoms. The van der Waals surface area contributed by atoms with Crippen molar-refractivity contribution in [2.45, 2.75) is 70.4 Å². The Morgan fingerprint density at radius 3 is 2.35 bits per heavy atom. The van der Waals surface area contributed by atoms with E-state index in [2.05, 4.69) is 24.2 Å². The van der Waals surface area contributed by atoms with E-state index in [9.17, 15) is 0 Å². The van der Waals surface area contributed by atoms with E-state index in [0.29, 0.717) is 6.04 Å². The van der Waals surface area contributed by atoms with Gasteiger partial charge in [-0.05, 0) is 51.6 Å². The van der Waals surface area contributed by atoms with Crippen LogP contribution < -0.4 is 11.3 Å². The summed E-state index contributed by atoms with van der Waals surface area (Å²) >= 11 is 0. The van der Waals surface area contributed by atoms with E-state index in [1.54, 1.807) is 0 Å². The van der Waals surface area contributed by atoms with E-state index in [1.807, 2.05) is 0 Å². The Hall–Kier alpha value is -0.120. The van der Waals surface area contributed by atoms with Crippen LogP contribution in [-0.4, -0.2) is 29.6 Å². The molecule has 2 atom stereocenters. The largest absolute Gasteiger partial charge is 0.296 e. The lowest BCUT2D eigenvalue weighted by Gasteiger charge is -2.46. The van der Waals surface area contributed by atoms with Crippen LogP contribution in [0.4, 0.5) is 0 Å². The lowest BCUT2D eigenvalue weighted by Crippen LogP contribution is -2.60. The molecular weight excluding hydrogens is 210 g/mol. The van der Waals surface area contributed by atoms with E-state index in [1.165, 1.54) is 58.0 Å². The zero-order valence-corrected chi connectivity index (χ0v) is 11.5. The van der Waals surface area contributed by atoms with Crippen LogP contribution in [-0.2, 0) is 0 Å². The topological polar surface area (TPSA) is 41.3 Å². The highest BCUT2D eigenvalue weighted by atomic mass is 15.3. The molecule has 1 saturated carbocycles. The summed E-state index contributed by atoms with van der Waals surface area (Å²) in [5.74, 6) is 6.77. The summed E-state index contributed by atoms with van der Waals surface area (Å²) in [6.07, 6.45) is 9.42. The van der Waals surface area contributed by atoms with Gasteiger partial charge in [-0.3, -0.25) is 16.2 Å². The molecule has 1 aliphatic carbocycles. The van der Waals surface area contributed by atoms with Gasteiger partial charge in [0.1, 0.15) is 0 Å². The van der Waals surface area contributed by atoms with Gasteiger partial charge in [-0.25, -0.2) is 0 Å². The molecule has 3 heteroatoms. The molecule has 0 bridgehead atoms. The van der Waals surface area contributed by atoms with E-state index in [0.717, 1.165) is 5.92 Å². The monoisotopic (exact) mass is 239 g/mol. The molecule has 2 aliphatic rings. The summed E-state index contributed by atoms with van der Waals surface area (Å²) in [6.45, 7) is 7.23. The minimum absolute atomic E-state index is 0.251. The molecule has 1 saturated heterocycles. The second-order valence-corrected chi connectivity index (χ2v) is 6.16. The zero-order chi connectivity index (χ0) is 12.3. The fraction of sp³-hybridized carbons (Fsp3) is 1.00. The van der Waals surface area contributed by atoms with Crippen molar-refractivity contribution in [2.24, 2.45) is 11.8 Å². The van der Waals surface area contributed by atoms with E-state index in [-0.39, 0.29) is 5.54 Å². The molecule has 0 amide bonds. The first-order chi connectivity index (χ1) is 8.20. The third-order valence-electron chi connectivity index (χ3n) is 5.29. The van der Waals surface area contributed by atoms with Crippen LogP contribution in [0.1, 0.15) is 58.8 Å². The van der Waals surface area contributed by atoms with Crippen molar-refractivity contribution in [3.8, 4) is 0 Å². The number of likely N-dealkylation sites (tertiary alicyclic amines) is 1. The van der Waals surface area contributed by atoms with Gasteiger partial charge in [-0.2, -0.15) is 0 Å². The molecule has 1 heterocycles. The Labute approximate surface area is 106 Å². The van der Waals surface area contributed by atoms with E-state index < -0.39 is 0 Å². The van der Waals surface area contributed by atoms with Crippen LogP contribution >= 0.6 is 0 Å². The first kappa shape index (κ1) is 13.3. The maximum absolute atomic E-state index is 5.85. The number of nitrogens with zero attached hydrogens (tertiary/aromatic N) is 1. The Bertz CT molecular complexity index is 234. The number of nitrogens with two attached hydrogens (primary N) is 1. The molecule has 2 rings (SSSR count). The second-order valence-electron chi connectivity index (χ2n) is 6.16. The van der Waals surface area contributed by atoms with Gasteiger partial charge in [-0.1, -0.05) is 26.2 Å². The van der Waals surface area contributed by atoms with Crippen molar-refractivity contribution in [1.82, 2.24) is 10.3 Å². The molecule has 0 aromatic heterocycles. The van der Waals surface area contributed by atoms with Gasteiger partial charge in [0.2, 0.25) is 0 Å². The Morgan fingerprint density at radius 2 is 1.94 bits per heavy atom. The molecule has 0 aromatic rings.